The molecule has 11 heteroatoms. The van der Waals surface area contributed by atoms with Crippen molar-refractivity contribution in [3.63, 3.8) is 0 Å². The lowest BCUT2D eigenvalue weighted by Gasteiger charge is -2.21. The van der Waals surface area contributed by atoms with Gasteiger partial charge >= 0.3 is 6.18 Å². The number of amides is 1. The second kappa shape index (κ2) is 11.7. The van der Waals surface area contributed by atoms with Crippen molar-refractivity contribution in [3.8, 4) is 0 Å². The summed E-state index contributed by atoms with van der Waals surface area (Å²) in [4.78, 5) is 25.2. The summed E-state index contributed by atoms with van der Waals surface area (Å²) in [5, 5.41) is 2.73. The molecule has 1 fully saturated rings. The number of alkyl halides is 3. The first-order chi connectivity index (χ1) is 15.0. The van der Waals surface area contributed by atoms with Crippen molar-refractivity contribution in [2.45, 2.75) is 63.0 Å². The molecule has 180 valence electrons. The summed E-state index contributed by atoms with van der Waals surface area (Å²) in [7, 11) is 0. The Kier molecular flexibility index (Phi) is 9.59. The predicted molar refractivity (Wildman–Crippen MR) is 115 cm³/mol. The highest BCUT2D eigenvalue weighted by atomic mass is 19.4. The fraction of sp³-hybridized carbons (Fsp3) is 0.619. The van der Waals surface area contributed by atoms with Gasteiger partial charge in [0.25, 0.3) is 0 Å². The van der Waals surface area contributed by atoms with Gasteiger partial charge in [0.1, 0.15) is 5.78 Å². The van der Waals surface area contributed by atoms with E-state index in [1.165, 1.54) is 12.1 Å². The Balaban J connectivity index is 1.87. The third-order valence-corrected chi connectivity index (χ3v) is 5.62. The smallest absolute Gasteiger partial charge is 0.352 e. The normalized spacial score (nSPS) is 23.8. The summed E-state index contributed by atoms with van der Waals surface area (Å²) in [5.41, 5.74) is 23.5. The van der Waals surface area contributed by atoms with E-state index in [1.54, 1.807) is 6.92 Å². The van der Waals surface area contributed by atoms with Crippen LogP contribution in [0.15, 0.2) is 24.3 Å². The quantitative estimate of drug-likeness (QED) is 0.310. The summed E-state index contributed by atoms with van der Waals surface area (Å²) in [6.45, 7) is 2.43. The molecule has 4 atom stereocenters. The van der Waals surface area contributed by atoms with Gasteiger partial charge in [0.05, 0.1) is 11.6 Å². The first-order valence-corrected chi connectivity index (χ1v) is 10.7. The molecule has 0 spiro atoms. The molecular weight excluding hydrogens is 425 g/mol. The molecule has 9 N–H and O–H groups in total. The summed E-state index contributed by atoms with van der Waals surface area (Å²) < 4.78 is 38.0. The first-order valence-electron chi connectivity index (χ1n) is 10.7. The molecule has 1 heterocycles. The molecule has 0 bridgehead atoms. The van der Waals surface area contributed by atoms with Crippen molar-refractivity contribution in [3.05, 3.63) is 35.4 Å². The van der Waals surface area contributed by atoms with Gasteiger partial charge in [0, 0.05) is 43.6 Å². The predicted octanol–water partition coefficient (Wildman–Crippen LogP) is 0.198. The van der Waals surface area contributed by atoms with E-state index in [0.29, 0.717) is 37.9 Å². The number of ketones is 1. The largest absolute Gasteiger partial charge is 0.416 e. The maximum atomic E-state index is 12.8. The Morgan fingerprint density at radius 2 is 1.62 bits per heavy atom. The van der Waals surface area contributed by atoms with E-state index in [-0.39, 0.29) is 36.2 Å². The molecule has 1 saturated heterocycles. The molecule has 0 saturated carbocycles. The first kappa shape index (κ1) is 26.2. The van der Waals surface area contributed by atoms with Crippen LogP contribution in [0, 0.1) is 5.92 Å². The van der Waals surface area contributed by atoms with Gasteiger partial charge in [-0.05, 0) is 43.9 Å². The van der Waals surface area contributed by atoms with Crippen molar-refractivity contribution in [2.75, 3.05) is 13.1 Å². The zero-order valence-corrected chi connectivity index (χ0v) is 18.1. The van der Waals surface area contributed by atoms with E-state index in [4.69, 9.17) is 17.2 Å². The zero-order chi connectivity index (χ0) is 23.9. The lowest BCUT2D eigenvalue weighted by molar-refractivity contribution is -0.137. The molecule has 2 rings (SSSR count). The Morgan fingerprint density at radius 3 is 2.09 bits per heavy atom. The fourth-order valence-electron chi connectivity index (χ4n) is 3.77. The maximum absolute atomic E-state index is 12.8. The molecule has 0 aromatic heterocycles. The van der Waals surface area contributed by atoms with Crippen LogP contribution < -0.4 is 33.4 Å². The highest BCUT2D eigenvalue weighted by Gasteiger charge is 2.31. The van der Waals surface area contributed by atoms with Gasteiger partial charge in [-0.15, -0.1) is 0 Å². The maximum Gasteiger partial charge on any atom is 0.416 e. The number of rotatable bonds is 9. The average Bonchev–Trinajstić information content (AvgIpc) is 2.95. The number of carbonyl (C=O) groups excluding carboxylic acids is 2. The van der Waals surface area contributed by atoms with Crippen LogP contribution in [-0.2, 0) is 22.2 Å². The van der Waals surface area contributed by atoms with Crippen LogP contribution in [0.25, 0.3) is 0 Å². The topological polar surface area (TPSA) is 148 Å². The molecule has 8 nitrogen and oxygen atoms in total. The Bertz CT molecular complexity index is 745. The van der Waals surface area contributed by atoms with Crippen LogP contribution >= 0.6 is 0 Å². The standard InChI is InChI=1S/C21H33F3N6O2/c1-12(6-13-2-4-15(5-3-13)21(22,23)24)28-20(32)18(27)9-19(31)14-7-16(10-25)29-30-17(8-14)11-26/h2-5,12,14,16-18,29-30H,6-11,25-27H2,1H3,(H,28,32). The number of hydrazine groups is 1. The summed E-state index contributed by atoms with van der Waals surface area (Å²) in [6.07, 6.45) is -3.12. The van der Waals surface area contributed by atoms with E-state index in [9.17, 15) is 22.8 Å². The van der Waals surface area contributed by atoms with E-state index >= 15 is 0 Å². The third-order valence-electron chi connectivity index (χ3n) is 5.62. The van der Waals surface area contributed by atoms with Gasteiger partial charge in [0.2, 0.25) is 5.91 Å². The van der Waals surface area contributed by atoms with Crippen molar-refractivity contribution in [1.82, 2.24) is 16.2 Å². The number of Topliss-reactive ketones (excluding diaryl/α,β-unsaturated/α-hetero) is 1. The Morgan fingerprint density at radius 1 is 1.09 bits per heavy atom. The minimum absolute atomic E-state index is 0.0886. The molecule has 32 heavy (non-hydrogen) atoms. The van der Waals surface area contributed by atoms with Crippen LogP contribution in [0.3, 0.4) is 0 Å². The van der Waals surface area contributed by atoms with Gasteiger partial charge in [-0.1, -0.05) is 12.1 Å². The van der Waals surface area contributed by atoms with Gasteiger partial charge in [-0.3, -0.25) is 20.4 Å². The number of halogens is 3. The van der Waals surface area contributed by atoms with Crippen LogP contribution in [0.4, 0.5) is 13.2 Å². The number of carbonyl (C=O) groups is 2. The van der Waals surface area contributed by atoms with Gasteiger partial charge in [-0.25, -0.2) is 0 Å². The fourth-order valence-corrected chi connectivity index (χ4v) is 3.77. The number of hydrogen-bond donors (Lipinski definition) is 6. The van der Waals surface area contributed by atoms with Crippen LogP contribution in [0.2, 0.25) is 0 Å². The third kappa shape index (κ3) is 7.82. The molecule has 1 aromatic carbocycles. The number of hydrogen-bond acceptors (Lipinski definition) is 7. The van der Waals surface area contributed by atoms with Gasteiger partial charge in [-0.2, -0.15) is 13.2 Å². The van der Waals surface area contributed by atoms with E-state index in [0.717, 1.165) is 12.1 Å². The zero-order valence-electron chi connectivity index (χ0n) is 18.1. The summed E-state index contributed by atoms with van der Waals surface area (Å²) >= 11 is 0. The van der Waals surface area contributed by atoms with Crippen molar-refractivity contribution >= 4 is 11.7 Å². The molecule has 0 aliphatic carbocycles. The SMILES string of the molecule is CC(Cc1ccc(C(F)(F)F)cc1)NC(=O)C(N)CC(=O)C1CC(CN)NNC(CN)C1. The number of nitrogens with one attached hydrogen (secondary N) is 3. The highest BCUT2D eigenvalue weighted by molar-refractivity contribution is 5.90. The van der Waals surface area contributed by atoms with Crippen molar-refractivity contribution in [1.29, 1.82) is 0 Å². The van der Waals surface area contributed by atoms with Gasteiger partial charge < -0.3 is 22.5 Å². The molecule has 1 aromatic rings. The minimum Gasteiger partial charge on any atom is -0.352 e. The van der Waals surface area contributed by atoms with Crippen molar-refractivity contribution < 1.29 is 22.8 Å². The van der Waals surface area contributed by atoms with Crippen LogP contribution in [0.5, 0.6) is 0 Å². The molecule has 0 radical (unpaired) electrons. The monoisotopic (exact) mass is 458 g/mol. The molecule has 1 aliphatic heterocycles. The lowest BCUT2D eigenvalue weighted by atomic mass is 9.87. The minimum atomic E-state index is -4.39. The highest BCUT2D eigenvalue weighted by Crippen LogP contribution is 2.29. The van der Waals surface area contributed by atoms with Gasteiger partial charge in [0.15, 0.2) is 0 Å². The molecular formula is C21H33F3N6O2. The molecule has 1 aliphatic rings. The Labute approximate surface area is 185 Å². The molecule has 4 unspecified atom stereocenters. The lowest BCUT2D eigenvalue weighted by Crippen LogP contribution is -2.49. The summed E-state index contributed by atoms with van der Waals surface area (Å²) in [6, 6.07) is 3.21. The second-order valence-electron chi connectivity index (χ2n) is 8.41. The van der Waals surface area contributed by atoms with E-state index in [1.807, 2.05) is 0 Å². The summed E-state index contributed by atoms with van der Waals surface area (Å²) in [5.74, 6) is -0.915. The average molecular weight is 459 g/mol. The van der Waals surface area contributed by atoms with Crippen LogP contribution in [0.1, 0.15) is 37.3 Å². The number of benzene rings is 1. The van der Waals surface area contributed by atoms with Crippen LogP contribution in [-0.4, -0.2) is 48.9 Å². The molecule has 1 amide bonds. The Hall–Kier alpha value is -2.05. The number of nitrogens with two attached hydrogens (primary N) is 3. The van der Waals surface area contributed by atoms with E-state index < -0.39 is 23.7 Å². The van der Waals surface area contributed by atoms with Crippen molar-refractivity contribution in [2.24, 2.45) is 23.1 Å². The second-order valence-corrected chi connectivity index (χ2v) is 8.41. The van der Waals surface area contributed by atoms with E-state index in [2.05, 4.69) is 16.2 Å².